The second-order valence-electron chi connectivity index (χ2n) is 16.8. The van der Waals surface area contributed by atoms with Gasteiger partial charge in [-0.15, -0.1) is 20.4 Å². The van der Waals surface area contributed by atoms with E-state index in [1.54, 1.807) is 48.5 Å². The summed E-state index contributed by atoms with van der Waals surface area (Å²) in [6, 6.07) is 14.2. The average Bonchev–Trinajstić information content (AvgIpc) is 3.77. The van der Waals surface area contributed by atoms with Gasteiger partial charge in [-0.1, -0.05) is 80.1 Å². The zero-order valence-corrected chi connectivity index (χ0v) is 40.7. The van der Waals surface area contributed by atoms with Crippen molar-refractivity contribution in [3.63, 3.8) is 0 Å². The number of anilines is 4. The van der Waals surface area contributed by atoms with Crippen LogP contribution in [0.15, 0.2) is 48.5 Å². The van der Waals surface area contributed by atoms with Crippen LogP contribution in [-0.4, -0.2) is 83.9 Å². The molecule has 0 bridgehead atoms. The Bertz CT molecular complexity index is 1880. The molecule has 5 rings (SSSR count). The Morgan fingerprint density at radius 3 is 1.01 bits per heavy atom. The quantitative estimate of drug-likeness (QED) is 0.0338. The summed E-state index contributed by atoms with van der Waals surface area (Å²) in [6.07, 6.45) is 13.8. The van der Waals surface area contributed by atoms with Gasteiger partial charge in [0.2, 0.25) is 11.5 Å². The summed E-state index contributed by atoms with van der Waals surface area (Å²) in [4.78, 5) is 27.1. The first-order valence-electron chi connectivity index (χ1n) is 24.7. The van der Waals surface area contributed by atoms with Gasteiger partial charge in [0, 0.05) is 23.2 Å². The van der Waals surface area contributed by atoms with Crippen LogP contribution < -0.4 is 49.7 Å². The third-order valence-electron chi connectivity index (χ3n) is 11.0. The summed E-state index contributed by atoms with van der Waals surface area (Å²) in [5, 5.41) is 30.0. The maximum atomic E-state index is 13.6. The number of rotatable bonds is 32. The molecular formula is C51H74N8O8. The minimum absolute atomic E-state index is 0.143. The van der Waals surface area contributed by atoms with Crippen LogP contribution in [-0.2, 0) is 0 Å². The Morgan fingerprint density at radius 2 is 0.731 bits per heavy atom. The first-order valence-corrected chi connectivity index (χ1v) is 24.7. The van der Waals surface area contributed by atoms with E-state index in [-0.39, 0.29) is 23.9 Å². The van der Waals surface area contributed by atoms with Crippen molar-refractivity contribution in [3.8, 4) is 34.5 Å². The van der Waals surface area contributed by atoms with Gasteiger partial charge in [-0.25, -0.2) is 0 Å². The highest BCUT2D eigenvalue weighted by molar-refractivity contribution is 6.05. The number of benzene rings is 2. The van der Waals surface area contributed by atoms with Crippen LogP contribution in [0.3, 0.4) is 0 Å². The van der Waals surface area contributed by atoms with Crippen LogP contribution in [0.1, 0.15) is 159 Å². The van der Waals surface area contributed by atoms with Crippen molar-refractivity contribution < 1.29 is 38.0 Å². The van der Waals surface area contributed by atoms with Crippen molar-refractivity contribution in [2.45, 2.75) is 150 Å². The number of nitrogens with one attached hydrogen (secondary N) is 4. The molecule has 0 saturated heterocycles. The van der Waals surface area contributed by atoms with Gasteiger partial charge in [-0.05, 0) is 106 Å². The molecule has 1 saturated carbocycles. The van der Waals surface area contributed by atoms with Crippen LogP contribution in [0.5, 0.6) is 34.5 Å². The molecule has 1 aliphatic rings. The Hall–Kier alpha value is -6.06. The van der Waals surface area contributed by atoms with Crippen molar-refractivity contribution in [3.05, 3.63) is 59.7 Å². The lowest BCUT2D eigenvalue weighted by Gasteiger charge is -2.18. The predicted molar refractivity (Wildman–Crippen MR) is 264 cm³/mol. The lowest BCUT2D eigenvalue weighted by Crippen LogP contribution is -2.22. The van der Waals surface area contributed by atoms with E-state index >= 15 is 0 Å². The standard InChI is InChI=1S/C51H74N8O8/c1-7-13-25-62-40-31-36(32-41(63-26-14-8-2)48(40)66-29-17-11-5)50(60)54-46-23-21-44(56-58-46)52-38-19-20-39(35-38)53-45-22-24-47(59-57-45)55-51(61)37-33-42(64-27-15-9-3)49(67-30-18-12-6)43(34-37)65-28-16-10-4/h21-24,31-34,38-39H,7-20,25-30,35H2,1-6H3,(H,52,56)(H,53,57)(H,54,58,60)(H,55,59,61)/t38-,39+. The lowest BCUT2D eigenvalue weighted by molar-refractivity contribution is 0.101. The second kappa shape index (κ2) is 28.9. The fourth-order valence-electron chi connectivity index (χ4n) is 7.06. The molecule has 2 heterocycles. The monoisotopic (exact) mass is 927 g/mol. The van der Waals surface area contributed by atoms with Gasteiger partial charge < -0.3 is 49.7 Å². The number of carbonyl (C=O) groups excluding carboxylic acids is 2. The summed E-state index contributed by atoms with van der Waals surface area (Å²) in [5.74, 6) is 4.14. The van der Waals surface area contributed by atoms with Gasteiger partial charge in [0.25, 0.3) is 11.8 Å². The lowest BCUT2D eigenvalue weighted by atomic mass is 10.1. The van der Waals surface area contributed by atoms with E-state index in [0.29, 0.717) is 109 Å². The van der Waals surface area contributed by atoms with Gasteiger partial charge in [0.1, 0.15) is 11.6 Å². The summed E-state index contributed by atoms with van der Waals surface area (Å²) in [7, 11) is 0. The van der Waals surface area contributed by atoms with Crippen molar-refractivity contribution in [1.82, 2.24) is 20.4 Å². The van der Waals surface area contributed by atoms with Crippen LogP contribution in [0.4, 0.5) is 23.3 Å². The Labute approximate surface area is 397 Å². The minimum Gasteiger partial charge on any atom is -0.490 e. The number of hydrogen-bond acceptors (Lipinski definition) is 14. The largest absolute Gasteiger partial charge is 0.490 e. The van der Waals surface area contributed by atoms with E-state index in [1.807, 2.05) is 0 Å². The third kappa shape index (κ3) is 17.0. The summed E-state index contributed by atoms with van der Waals surface area (Å²) in [5.41, 5.74) is 0.745. The number of hydrogen-bond donors (Lipinski definition) is 4. The van der Waals surface area contributed by atoms with Gasteiger partial charge >= 0.3 is 0 Å². The topological polar surface area (TPSA) is 189 Å². The van der Waals surface area contributed by atoms with Gasteiger partial charge in [-0.2, -0.15) is 0 Å². The molecule has 0 unspecified atom stereocenters. The third-order valence-corrected chi connectivity index (χ3v) is 11.0. The first kappa shape index (κ1) is 51.9. The summed E-state index contributed by atoms with van der Waals surface area (Å²) in [6.45, 7) is 15.7. The molecule has 366 valence electrons. The van der Waals surface area contributed by atoms with Crippen LogP contribution in [0.2, 0.25) is 0 Å². The van der Waals surface area contributed by atoms with Crippen LogP contribution in [0, 0.1) is 0 Å². The molecule has 16 heteroatoms. The highest BCUT2D eigenvalue weighted by Crippen LogP contribution is 2.41. The summed E-state index contributed by atoms with van der Waals surface area (Å²) >= 11 is 0. The minimum atomic E-state index is -0.360. The molecule has 2 aromatic heterocycles. The van der Waals surface area contributed by atoms with E-state index in [4.69, 9.17) is 28.4 Å². The number of aromatic nitrogens is 4. The fraction of sp³-hybridized carbons (Fsp3) is 0.569. The van der Waals surface area contributed by atoms with E-state index in [2.05, 4.69) is 83.2 Å². The molecule has 16 nitrogen and oxygen atoms in total. The Kier molecular flexibility index (Phi) is 22.4. The van der Waals surface area contributed by atoms with Crippen LogP contribution in [0.25, 0.3) is 0 Å². The van der Waals surface area contributed by atoms with Crippen molar-refractivity contribution in [2.24, 2.45) is 0 Å². The number of ether oxygens (including phenoxy) is 6. The number of amides is 2. The number of nitrogens with zero attached hydrogens (tertiary/aromatic N) is 4. The molecule has 2 aromatic carbocycles. The fourth-order valence-corrected chi connectivity index (χ4v) is 7.06. The molecule has 4 N–H and O–H groups in total. The first-order chi connectivity index (χ1) is 32.8. The molecular weight excluding hydrogens is 853 g/mol. The van der Waals surface area contributed by atoms with Crippen molar-refractivity contribution in [2.75, 3.05) is 60.9 Å². The highest BCUT2D eigenvalue weighted by Gasteiger charge is 2.26. The number of unbranched alkanes of at least 4 members (excludes halogenated alkanes) is 6. The Balaban J connectivity index is 1.16. The molecule has 4 aromatic rings. The molecule has 0 radical (unpaired) electrons. The smallest absolute Gasteiger partial charge is 0.257 e. The molecule has 1 fully saturated rings. The molecule has 0 aliphatic heterocycles. The maximum absolute atomic E-state index is 13.6. The van der Waals surface area contributed by atoms with E-state index in [9.17, 15) is 9.59 Å². The van der Waals surface area contributed by atoms with Crippen molar-refractivity contribution in [1.29, 1.82) is 0 Å². The van der Waals surface area contributed by atoms with Gasteiger partial charge in [-0.3, -0.25) is 9.59 Å². The normalized spacial score (nSPS) is 14.2. The predicted octanol–water partition coefficient (Wildman–Crippen LogP) is 11.3. The van der Waals surface area contributed by atoms with Crippen molar-refractivity contribution >= 4 is 35.1 Å². The summed E-state index contributed by atoms with van der Waals surface area (Å²) < 4.78 is 36.8. The molecule has 0 spiro atoms. The molecule has 1 aliphatic carbocycles. The Morgan fingerprint density at radius 1 is 0.448 bits per heavy atom. The van der Waals surface area contributed by atoms with E-state index < -0.39 is 0 Å². The van der Waals surface area contributed by atoms with Gasteiger partial charge in [0.15, 0.2) is 34.6 Å². The highest BCUT2D eigenvalue weighted by atomic mass is 16.5. The maximum Gasteiger partial charge on any atom is 0.257 e. The molecule has 2 atom stereocenters. The van der Waals surface area contributed by atoms with E-state index in [0.717, 1.165) is 96.3 Å². The van der Waals surface area contributed by atoms with E-state index in [1.165, 1.54) is 0 Å². The SMILES string of the molecule is CCCCOc1cc(C(=O)Nc2ccc(N[C@@H]3CC[C@H](Nc4ccc(NC(=O)c5cc(OCCCC)c(OCCCC)c(OCCCC)c5)nn4)C3)nn2)cc(OCCCC)c1OCCCC. The van der Waals surface area contributed by atoms with Crippen LogP contribution >= 0.6 is 0 Å². The zero-order chi connectivity index (χ0) is 47.6. The molecule has 67 heavy (non-hydrogen) atoms. The second-order valence-corrected chi connectivity index (χ2v) is 16.8. The number of carbonyl (C=O) groups is 2. The average molecular weight is 927 g/mol. The van der Waals surface area contributed by atoms with Gasteiger partial charge in [0.05, 0.1) is 39.6 Å². The zero-order valence-electron chi connectivity index (χ0n) is 40.7. The molecule has 2 amide bonds.